The van der Waals surface area contributed by atoms with E-state index < -0.39 is 4.92 Å². The van der Waals surface area contributed by atoms with Crippen molar-refractivity contribution in [1.29, 1.82) is 0 Å². The van der Waals surface area contributed by atoms with Crippen LogP contribution in [0.2, 0.25) is 0 Å². The molecule has 0 saturated carbocycles. The summed E-state index contributed by atoms with van der Waals surface area (Å²) in [6.07, 6.45) is 0. The molecule has 0 fully saturated rings. The monoisotopic (exact) mass is 373 g/mol. The van der Waals surface area contributed by atoms with Crippen LogP contribution in [0.5, 0.6) is 0 Å². The van der Waals surface area contributed by atoms with Crippen LogP contribution in [0.4, 0.5) is 16.2 Å². The highest BCUT2D eigenvalue weighted by molar-refractivity contribution is 7.10. The molecule has 0 unspecified atom stereocenters. The van der Waals surface area contributed by atoms with Crippen LogP contribution in [0.25, 0.3) is 0 Å². The van der Waals surface area contributed by atoms with E-state index in [4.69, 9.17) is 0 Å². The van der Waals surface area contributed by atoms with Gasteiger partial charge in [0.2, 0.25) is 0 Å². The highest BCUT2D eigenvalue weighted by Gasteiger charge is 2.17. The van der Waals surface area contributed by atoms with E-state index >= 15 is 0 Å². The summed E-state index contributed by atoms with van der Waals surface area (Å²) in [5.41, 5.74) is 0.349. The Morgan fingerprint density at radius 3 is 2.20 bits per heavy atom. The topological polar surface area (TPSA) is 75.5 Å². The SMILES string of the molecule is O=C(Nc1cccc([N+](=O)[O-])c1)N(Cc1cccs1)Cc1cccs1. The second-order valence-corrected chi connectivity index (χ2v) is 7.32. The summed E-state index contributed by atoms with van der Waals surface area (Å²) in [4.78, 5) is 26.9. The number of anilines is 1. The fourth-order valence-electron chi connectivity index (χ4n) is 2.28. The molecule has 6 nitrogen and oxygen atoms in total. The van der Waals surface area contributed by atoms with E-state index in [-0.39, 0.29) is 11.7 Å². The molecule has 2 amide bonds. The molecule has 0 aliphatic heterocycles. The van der Waals surface area contributed by atoms with Crippen LogP contribution in [-0.4, -0.2) is 15.9 Å². The molecule has 8 heteroatoms. The van der Waals surface area contributed by atoms with Gasteiger partial charge in [-0.05, 0) is 29.0 Å². The predicted molar refractivity (Wildman–Crippen MR) is 100 cm³/mol. The molecule has 0 aliphatic carbocycles. The quantitative estimate of drug-likeness (QED) is 0.490. The summed E-state index contributed by atoms with van der Waals surface area (Å²) < 4.78 is 0. The first kappa shape index (κ1) is 17.1. The van der Waals surface area contributed by atoms with Crippen LogP contribution in [0, 0.1) is 10.1 Å². The van der Waals surface area contributed by atoms with Crippen molar-refractivity contribution in [3.8, 4) is 0 Å². The molecule has 0 atom stereocenters. The lowest BCUT2D eigenvalue weighted by Gasteiger charge is -2.22. The molecule has 3 rings (SSSR count). The number of urea groups is 1. The lowest BCUT2D eigenvalue weighted by atomic mass is 10.3. The molecule has 1 N–H and O–H groups in total. The minimum absolute atomic E-state index is 0.0548. The molecule has 0 saturated heterocycles. The van der Waals surface area contributed by atoms with Gasteiger partial charge in [-0.1, -0.05) is 18.2 Å². The molecule has 0 spiro atoms. The third-order valence-corrected chi connectivity index (χ3v) is 5.17. The molecule has 1 aromatic carbocycles. The number of hydrogen-bond acceptors (Lipinski definition) is 5. The maximum absolute atomic E-state index is 12.7. The number of carbonyl (C=O) groups is 1. The first-order chi connectivity index (χ1) is 12.1. The molecule has 0 radical (unpaired) electrons. The number of hydrogen-bond donors (Lipinski definition) is 1. The Bertz CT molecular complexity index is 812. The number of amides is 2. The fourth-order valence-corrected chi connectivity index (χ4v) is 3.72. The van der Waals surface area contributed by atoms with Gasteiger partial charge in [0.25, 0.3) is 5.69 Å². The fraction of sp³-hybridized carbons (Fsp3) is 0.118. The van der Waals surface area contributed by atoms with E-state index in [9.17, 15) is 14.9 Å². The molecule has 25 heavy (non-hydrogen) atoms. The first-order valence-corrected chi connectivity index (χ1v) is 9.23. The summed E-state index contributed by atoms with van der Waals surface area (Å²) in [6.45, 7) is 0.965. The maximum Gasteiger partial charge on any atom is 0.322 e. The van der Waals surface area contributed by atoms with Gasteiger partial charge in [0, 0.05) is 27.6 Å². The molecule has 0 aliphatic rings. The average Bonchev–Trinajstić information content (AvgIpc) is 3.28. The van der Waals surface area contributed by atoms with Gasteiger partial charge < -0.3 is 10.2 Å². The Morgan fingerprint density at radius 1 is 1.04 bits per heavy atom. The van der Waals surface area contributed by atoms with Gasteiger partial charge in [-0.15, -0.1) is 22.7 Å². The lowest BCUT2D eigenvalue weighted by Crippen LogP contribution is -2.33. The number of nitro groups is 1. The number of carbonyl (C=O) groups excluding carboxylic acids is 1. The van der Waals surface area contributed by atoms with E-state index in [0.717, 1.165) is 9.75 Å². The second kappa shape index (κ2) is 7.91. The smallest absolute Gasteiger partial charge is 0.314 e. The Labute approximate surface area is 152 Å². The molecule has 2 heterocycles. The number of non-ortho nitro benzene ring substituents is 1. The van der Waals surface area contributed by atoms with E-state index in [1.165, 1.54) is 12.1 Å². The van der Waals surface area contributed by atoms with E-state index in [2.05, 4.69) is 5.32 Å². The molecular weight excluding hydrogens is 358 g/mol. The van der Waals surface area contributed by atoms with Crippen LogP contribution in [0.3, 0.4) is 0 Å². The number of benzene rings is 1. The Kier molecular flexibility index (Phi) is 5.42. The molecule has 128 valence electrons. The first-order valence-electron chi connectivity index (χ1n) is 7.47. The molecule has 0 bridgehead atoms. The van der Waals surface area contributed by atoms with Gasteiger partial charge in [0.05, 0.1) is 18.0 Å². The number of rotatable bonds is 6. The van der Waals surface area contributed by atoms with Gasteiger partial charge in [0.1, 0.15) is 0 Å². The number of thiophene rings is 2. The number of nitrogens with zero attached hydrogens (tertiary/aromatic N) is 2. The van der Waals surface area contributed by atoms with Crippen molar-refractivity contribution < 1.29 is 9.72 Å². The maximum atomic E-state index is 12.7. The lowest BCUT2D eigenvalue weighted by molar-refractivity contribution is -0.384. The van der Waals surface area contributed by atoms with E-state index in [1.54, 1.807) is 39.7 Å². The predicted octanol–water partition coefficient (Wildman–Crippen LogP) is 4.95. The third kappa shape index (κ3) is 4.65. The van der Waals surface area contributed by atoms with E-state index in [1.807, 2.05) is 35.0 Å². The van der Waals surface area contributed by atoms with Gasteiger partial charge in [-0.3, -0.25) is 10.1 Å². The van der Waals surface area contributed by atoms with Gasteiger partial charge in [0.15, 0.2) is 0 Å². The molecule has 3 aromatic rings. The largest absolute Gasteiger partial charge is 0.322 e. The van der Waals surface area contributed by atoms with Crippen molar-refractivity contribution in [3.05, 3.63) is 79.2 Å². The van der Waals surface area contributed by atoms with Crippen LogP contribution in [-0.2, 0) is 13.1 Å². The minimum Gasteiger partial charge on any atom is -0.314 e. The summed E-state index contributed by atoms with van der Waals surface area (Å²) in [6, 6.07) is 13.5. The van der Waals surface area contributed by atoms with Crippen molar-refractivity contribution in [2.75, 3.05) is 5.32 Å². The van der Waals surface area contributed by atoms with Crippen molar-refractivity contribution in [1.82, 2.24) is 4.90 Å². The van der Waals surface area contributed by atoms with Crippen LogP contribution in [0.15, 0.2) is 59.3 Å². The van der Waals surface area contributed by atoms with Crippen molar-refractivity contribution in [3.63, 3.8) is 0 Å². The number of nitrogens with one attached hydrogen (secondary N) is 1. The third-order valence-electron chi connectivity index (χ3n) is 3.45. The standard InChI is InChI=1S/C17H15N3O3S2/c21-17(18-13-4-1-5-14(10-13)20(22)23)19(11-15-6-2-8-24-15)12-16-7-3-9-25-16/h1-10H,11-12H2,(H,18,21). The Balaban J connectivity index is 1.76. The summed E-state index contributed by atoms with van der Waals surface area (Å²) in [5, 5.41) is 17.6. The highest BCUT2D eigenvalue weighted by Crippen LogP contribution is 2.20. The van der Waals surface area contributed by atoms with Crippen LogP contribution in [0.1, 0.15) is 9.75 Å². The zero-order chi connectivity index (χ0) is 17.6. The number of nitro benzene ring substituents is 1. The normalized spacial score (nSPS) is 10.4. The van der Waals surface area contributed by atoms with E-state index in [0.29, 0.717) is 18.8 Å². The Hall–Kier alpha value is -2.71. The van der Waals surface area contributed by atoms with Crippen molar-refractivity contribution in [2.45, 2.75) is 13.1 Å². The summed E-state index contributed by atoms with van der Waals surface area (Å²) in [7, 11) is 0. The minimum atomic E-state index is -0.481. The second-order valence-electron chi connectivity index (χ2n) is 5.25. The highest BCUT2D eigenvalue weighted by atomic mass is 32.1. The van der Waals surface area contributed by atoms with Crippen LogP contribution < -0.4 is 5.32 Å². The van der Waals surface area contributed by atoms with Crippen molar-refractivity contribution in [2.24, 2.45) is 0 Å². The summed E-state index contributed by atoms with van der Waals surface area (Å²) >= 11 is 3.17. The molecule has 2 aromatic heterocycles. The summed E-state index contributed by atoms with van der Waals surface area (Å²) in [5.74, 6) is 0. The zero-order valence-corrected chi connectivity index (χ0v) is 14.8. The van der Waals surface area contributed by atoms with Gasteiger partial charge in [-0.25, -0.2) is 4.79 Å². The Morgan fingerprint density at radius 2 is 1.68 bits per heavy atom. The van der Waals surface area contributed by atoms with Gasteiger partial charge >= 0.3 is 6.03 Å². The van der Waals surface area contributed by atoms with Gasteiger partial charge in [-0.2, -0.15) is 0 Å². The zero-order valence-electron chi connectivity index (χ0n) is 13.1. The average molecular weight is 373 g/mol. The van der Waals surface area contributed by atoms with Crippen LogP contribution >= 0.6 is 22.7 Å². The molecular formula is C17H15N3O3S2. The van der Waals surface area contributed by atoms with Crippen molar-refractivity contribution >= 4 is 40.1 Å².